The van der Waals surface area contributed by atoms with E-state index in [0.29, 0.717) is 23.9 Å². The van der Waals surface area contributed by atoms with E-state index in [1.165, 1.54) is 10.9 Å². The van der Waals surface area contributed by atoms with E-state index < -0.39 is 0 Å². The molecule has 0 radical (unpaired) electrons. The Kier molecular flexibility index (Phi) is 4.45. The van der Waals surface area contributed by atoms with E-state index in [1.807, 2.05) is 30.3 Å². The molecule has 2 aromatic carbocycles. The number of amides is 1. The van der Waals surface area contributed by atoms with Crippen LogP contribution in [0.5, 0.6) is 0 Å². The van der Waals surface area contributed by atoms with Crippen LogP contribution in [0.1, 0.15) is 5.01 Å². The van der Waals surface area contributed by atoms with Gasteiger partial charge in [-0.25, -0.2) is 9.97 Å². The minimum Gasteiger partial charge on any atom is -0.354 e. The predicted octanol–water partition coefficient (Wildman–Crippen LogP) is 2.37. The number of nitrogens with zero attached hydrogens (tertiary/aromatic N) is 3. The third-order valence-electron chi connectivity index (χ3n) is 4.04. The molecular formula is C19H16N4O2S. The Balaban J connectivity index is 1.38. The summed E-state index contributed by atoms with van der Waals surface area (Å²) in [6, 6.07) is 15.1. The lowest BCUT2D eigenvalue weighted by Gasteiger charge is -2.07. The van der Waals surface area contributed by atoms with Gasteiger partial charge in [-0.05, 0) is 24.3 Å². The number of aromatic nitrogens is 3. The molecular weight excluding hydrogens is 348 g/mol. The molecule has 0 aliphatic carbocycles. The summed E-state index contributed by atoms with van der Waals surface area (Å²) in [6.45, 7) is 0.435. The summed E-state index contributed by atoms with van der Waals surface area (Å²) in [5.41, 5.74) is 1.40. The predicted molar refractivity (Wildman–Crippen MR) is 102 cm³/mol. The Morgan fingerprint density at radius 2 is 1.85 bits per heavy atom. The maximum atomic E-state index is 12.4. The maximum absolute atomic E-state index is 12.4. The summed E-state index contributed by atoms with van der Waals surface area (Å²) in [4.78, 5) is 33.3. The Hall–Kier alpha value is -3.06. The fourth-order valence-corrected chi connectivity index (χ4v) is 3.73. The fraction of sp³-hybridized carbons (Fsp3) is 0.158. The van der Waals surface area contributed by atoms with Crippen LogP contribution in [0.2, 0.25) is 0 Å². The molecule has 7 heteroatoms. The van der Waals surface area contributed by atoms with Gasteiger partial charge in [-0.1, -0.05) is 24.3 Å². The number of carbonyl (C=O) groups excluding carboxylic acids is 1. The van der Waals surface area contributed by atoms with Crippen LogP contribution in [0.25, 0.3) is 21.1 Å². The van der Waals surface area contributed by atoms with E-state index >= 15 is 0 Å². The number of nitrogens with one attached hydrogen (secondary N) is 1. The van der Waals surface area contributed by atoms with Gasteiger partial charge in [-0.15, -0.1) is 11.3 Å². The Morgan fingerprint density at radius 3 is 2.69 bits per heavy atom. The molecule has 0 bridgehead atoms. The molecule has 4 aromatic rings. The molecule has 4 rings (SSSR count). The first-order valence-corrected chi connectivity index (χ1v) is 9.08. The van der Waals surface area contributed by atoms with Crippen LogP contribution < -0.4 is 10.9 Å². The molecule has 0 unspecified atom stereocenters. The lowest BCUT2D eigenvalue weighted by molar-refractivity contribution is -0.121. The first kappa shape index (κ1) is 16.4. The SMILES string of the molecule is O=C(Cn1cnc2ccccc2c1=O)NCCc1nc2ccccc2s1. The minimum atomic E-state index is -0.217. The van der Waals surface area contributed by atoms with Gasteiger partial charge in [0, 0.05) is 13.0 Å². The van der Waals surface area contributed by atoms with Crippen molar-refractivity contribution >= 4 is 38.4 Å². The molecule has 0 saturated heterocycles. The Morgan fingerprint density at radius 1 is 1.08 bits per heavy atom. The molecule has 2 aromatic heterocycles. The fourth-order valence-electron chi connectivity index (χ4n) is 2.77. The number of para-hydroxylation sites is 2. The Bertz CT molecular complexity index is 1120. The zero-order chi connectivity index (χ0) is 17.9. The van der Waals surface area contributed by atoms with Crippen molar-refractivity contribution in [2.75, 3.05) is 6.54 Å². The molecule has 0 atom stereocenters. The molecule has 6 nitrogen and oxygen atoms in total. The van der Waals surface area contributed by atoms with Crippen LogP contribution >= 0.6 is 11.3 Å². The number of hydrogen-bond acceptors (Lipinski definition) is 5. The van der Waals surface area contributed by atoms with Crippen molar-refractivity contribution in [3.63, 3.8) is 0 Å². The van der Waals surface area contributed by atoms with Crippen LogP contribution in [0.4, 0.5) is 0 Å². The number of rotatable bonds is 5. The lowest BCUT2D eigenvalue weighted by atomic mass is 10.2. The summed E-state index contributed by atoms with van der Waals surface area (Å²) in [5.74, 6) is -0.217. The van der Waals surface area contributed by atoms with Crippen molar-refractivity contribution in [3.05, 3.63) is 70.2 Å². The highest BCUT2D eigenvalue weighted by Crippen LogP contribution is 2.21. The molecule has 0 fully saturated rings. The molecule has 130 valence electrons. The average molecular weight is 364 g/mol. The van der Waals surface area contributed by atoms with E-state index in [2.05, 4.69) is 15.3 Å². The third-order valence-corrected chi connectivity index (χ3v) is 5.14. The summed E-state index contributed by atoms with van der Waals surface area (Å²) < 4.78 is 2.47. The zero-order valence-corrected chi connectivity index (χ0v) is 14.7. The molecule has 2 heterocycles. The minimum absolute atomic E-state index is 0.0451. The summed E-state index contributed by atoms with van der Waals surface area (Å²) in [7, 11) is 0. The third kappa shape index (κ3) is 3.34. The van der Waals surface area contributed by atoms with Gasteiger partial charge in [0.2, 0.25) is 5.91 Å². The summed E-state index contributed by atoms with van der Waals surface area (Å²) in [6.07, 6.45) is 2.08. The van der Waals surface area contributed by atoms with Crippen LogP contribution in [-0.2, 0) is 17.8 Å². The molecule has 0 aliphatic heterocycles. The average Bonchev–Trinajstić information content (AvgIpc) is 3.07. The van der Waals surface area contributed by atoms with Gasteiger partial charge in [0.05, 0.1) is 32.5 Å². The van der Waals surface area contributed by atoms with Crippen LogP contribution in [0.3, 0.4) is 0 Å². The van der Waals surface area contributed by atoms with Crippen LogP contribution in [-0.4, -0.2) is 27.0 Å². The molecule has 0 spiro atoms. The van der Waals surface area contributed by atoms with Gasteiger partial charge in [-0.3, -0.25) is 14.2 Å². The van der Waals surface area contributed by atoms with Crippen molar-refractivity contribution in [2.24, 2.45) is 0 Å². The molecule has 0 saturated carbocycles. The zero-order valence-electron chi connectivity index (χ0n) is 13.9. The number of hydrogen-bond donors (Lipinski definition) is 1. The van der Waals surface area contributed by atoms with E-state index in [-0.39, 0.29) is 18.0 Å². The van der Waals surface area contributed by atoms with Crippen molar-refractivity contribution in [3.8, 4) is 0 Å². The lowest BCUT2D eigenvalue weighted by Crippen LogP contribution is -2.33. The monoisotopic (exact) mass is 364 g/mol. The van der Waals surface area contributed by atoms with Crippen molar-refractivity contribution in [1.82, 2.24) is 19.9 Å². The number of thiazole rings is 1. The number of fused-ring (bicyclic) bond motifs is 2. The second-order valence-corrected chi connectivity index (χ2v) is 6.99. The topological polar surface area (TPSA) is 76.9 Å². The second-order valence-electron chi connectivity index (χ2n) is 5.87. The van der Waals surface area contributed by atoms with E-state index in [1.54, 1.807) is 29.5 Å². The quantitative estimate of drug-likeness (QED) is 0.590. The Labute approximate surface area is 153 Å². The van der Waals surface area contributed by atoms with Gasteiger partial charge in [-0.2, -0.15) is 0 Å². The highest BCUT2D eigenvalue weighted by atomic mass is 32.1. The van der Waals surface area contributed by atoms with Gasteiger partial charge in [0.15, 0.2) is 0 Å². The van der Waals surface area contributed by atoms with Gasteiger partial charge in [0.25, 0.3) is 5.56 Å². The van der Waals surface area contributed by atoms with Crippen molar-refractivity contribution in [2.45, 2.75) is 13.0 Å². The highest BCUT2D eigenvalue weighted by molar-refractivity contribution is 7.18. The normalized spacial score (nSPS) is 11.1. The summed E-state index contributed by atoms with van der Waals surface area (Å²) >= 11 is 1.63. The summed E-state index contributed by atoms with van der Waals surface area (Å²) in [5, 5.41) is 4.33. The van der Waals surface area contributed by atoms with Gasteiger partial charge < -0.3 is 5.32 Å². The van der Waals surface area contributed by atoms with E-state index in [9.17, 15) is 9.59 Å². The van der Waals surface area contributed by atoms with E-state index in [0.717, 1.165) is 15.2 Å². The number of benzene rings is 2. The van der Waals surface area contributed by atoms with Gasteiger partial charge in [0.1, 0.15) is 6.54 Å². The smallest absolute Gasteiger partial charge is 0.261 e. The first-order chi connectivity index (χ1) is 12.7. The molecule has 26 heavy (non-hydrogen) atoms. The number of carbonyl (C=O) groups is 1. The second kappa shape index (κ2) is 7.05. The van der Waals surface area contributed by atoms with Crippen molar-refractivity contribution in [1.29, 1.82) is 0 Å². The van der Waals surface area contributed by atoms with Crippen molar-refractivity contribution < 1.29 is 4.79 Å². The maximum Gasteiger partial charge on any atom is 0.261 e. The van der Waals surface area contributed by atoms with Crippen LogP contribution in [0.15, 0.2) is 59.7 Å². The van der Waals surface area contributed by atoms with Crippen LogP contribution in [0, 0.1) is 0 Å². The molecule has 0 aliphatic rings. The largest absolute Gasteiger partial charge is 0.354 e. The molecule has 1 N–H and O–H groups in total. The highest BCUT2D eigenvalue weighted by Gasteiger charge is 2.08. The standard InChI is InChI=1S/C19H16N4O2S/c24-17(11-23-12-21-14-6-2-1-5-13(14)19(23)25)20-10-9-18-22-15-7-3-4-8-16(15)26-18/h1-8,12H,9-11H2,(H,20,24). The van der Waals surface area contributed by atoms with Gasteiger partial charge >= 0.3 is 0 Å². The first-order valence-electron chi connectivity index (χ1n) is 8.26. The van der Waals surface area contributed by atoms with E-state index in [4.69, 9.17) is 0 Å². The molecule has 1 amide bonds.